The van der Waals surface area contributed by atoms with E-state index in [1.54, 1.807) is 0 Å². The molecule has 4 nitrogen and oxygen atoms in total. The van der Waals surface area contributed by atoms with Gasteiger partial charge in [0.2, 0.25) is 5.95 Å². The van der Waals surface area contributed by atoms with E-state index in [-0.39, 0.29) is 11.8 Å². The predicted octanol–water partition coefficient (Wildman–Crippen LogP) is 2.56. The monoisotopic (exact) mass is 274 g/mol. The topological polar surface area (TPSA) is 55.0 Å². The molecular weight excluding hydrogens is 257 g/mol. The number of aromatic nitrogens is 2. The molecule has 1 aromatic rings. The second kappa shape index (κ2) is 4.86. The van der Waals surface area contributed by atoms with Crippen molar-refractivity contribution in [1.29, 1.82) is 0 Å². The Morgan fingerprint density at radius 3 is 2.53 bits per heavy atom. The van der Waals surface area contributed by atoms with Gasteiger partial charge in [-0.2, -0.15) is 18.2 Å². The van der Waals surface area contributed by atoms with Crippen LogP contribution in [0.25, 0.3) is 0 Å². The number of nitrogens with zero attached hydrogens (tertiary/aromatic N) is 3. The van der Waals surface area contributed by atoms with E-state index in [0.717, 1.165) is 12.5 Å². The van der Waals surface area contributed by atoms with Crippen molar-refractivity contribution in [2.24, 2.45) is 11.8 Å². The number of alkyl halides is 3. The molecule has 2 unspecified atom stereocenters. The molecular formula is C12H17F3N4. The van der Waals surface area contributed by atoms with Gasteiger partial charge in [-0.3, -0.25) is 0 Å². The summed E-state index contributed by atoms with van der Waals surface area (Å²) in [5.41, 5.74) is 4.39. The lowest BCUT2D eigenvalue weighted by Gasteiger charge is -2.36. The van der Waals surface area contributed by atoms with Crippen LogP contribution in [-0.4, -0.2) is 23.1 Å². The molecule has 0 saturated carbocycles. The van der Waals surface area contributed by atoms with Gasteiger partial charge in [0, 0.05) is 19.2 Å². The molecule has 19 heavy (non-hydrogen) atoms. The average Bonchev–Trinajstić information content (AvgIpc) is 2.31. The van der Waals surface area contributed by atoms with E-state index in [9.17, 15) is 13.2 Å². The van der Waals surface area contributed by atoms with Crippen LogP contribution < -0.4 is 10.6 Å². The highest BCUT2D eigenvalue weighted by molar-refractivity contribution is 5.44. The standard InChI is InChI=1S/C12H17F3N4/c1-7-3-4-19(6-8(7)2)10-5-9(12(13,14)15)17-11(16)18-10/h5,7-8H,3-4,6H2,1-2H3,(H2,16,17,18). The Labute approximate surface area is 109 Å². The van der Waals surface area contributed by atoms with E-state index in [2.05, 4.69) is 23.8 Å². The van der Waals surface area contributed by atoms with Gasteiger partial charge in [0.1, 0.15) is 5.82 Å². The van der Waals surface area contributed by atoms with E-state index in [1.165, 1.54) is 0 Å². The first kappa shape index (κ1) is 13.9. The molecule has 2 N–H and O–H groups in total. The highest BCUT2D eigenvalue weighted by Gasteiger charge is 2.34. The van der Waals surface area contributed by atoms with Gasteiger partial charge in [-0.25, -0.2) is 4.98 Å². The van der Waals surface area contributed by atoms with E-state index in [4.69, 9.17) is 5.73 Å². The summed E-state index contributed by atoms with van der Waals surface area (Å²) in [6, 6.07) is 0.971. The molecule has 1 aromatic heterocycles. The van der Waals surface area contributed by atoms with Crippen LogP contribution >= 0.6 is 0 Å². The van der Waals surface area contributed by atoms with Crippen LogP contribution in [0.2, 0.25) is 0 Å². The Bertz CT molecular complexity index is 461. The summed E-state index contributed by atoms with van der Waals surface area (Å²) in [7, 11) is 0. The zero-order valence-electron chi connectivity index (χ0n) is 10.9. The lowest BCUT2D eigenvalue weighted by molar-refractivity contribution is -0.141. The lowest BCUT2D eigenvalue weighted by atomic mass is 9.89. The van der Waals surface area contributed by atoms with Crippen molar-refractivity contribution in [3.05, 3.63) is 11.8 Å². The highest BCUT2D eigenvalue weighted by Crippen LogP contribution is 2.32. The summed E-state index contributed by atoms with van der Waals surface area (Å²) in [6.07, 6.45) is -3.56. The maximum Gasteiger partial charge on any atom is 0.433 e. The smallest absolute Gasteiger partial charge is 0.368 e. The number of anilines is 2. The normalized spacial score (nSPS) is 24.6. The third kappa shape index (κ3) is 3.08. The summed E-state index contributed by atoms with van der Waals surface area (Å²) in [4.78, 5) is 9.02. The van der Waals surface area contributed by atoms with Crippen molar-refractivity contribution in [1.82, 2.24) is 9.97 Å². The maximum absolute atomic E-state index is 12.7. The van der Waals surface area contributed by atoms with E-state index in [0.29, 0.717) is 24.9 Å². The summed E-state index contributed by atoms with van der Waals surface area (Å²) >= 11 is 0. The molecule has 106 valence electrons. The molecule has 2 rings (SSSR count). The molecule has 0 spiro atoms. The van der Waals surface area contributed by atoms with E-state index >= 15 is 0 Å². The Morgan fingerprint density at radius 1 is 1.26 bits per heavy atom. The molecule has 0 radical (unpaired) electrons. The van der Waals surface area contributed by atoms with Crippen LogP contribution in [0.3, 0.4) is 0 Å². The van der Waals surface area contributed by atoms with Crippen molar-refractivity contribution < 1.29 is 13.2 Å². The molecule has 7 heteroatoms. The van der Waals surface area contributed by atoms with Crippen LogP contribution in [-0.2, 0) is 6.18 Å². The average molecular weight is 274 g/mol. The molecule has 0 aromatic carbocycles. The highest BCUT2D eigenvalue weighted by atomic mass is 19.4. The Hall–Kier alpha value is -1.53. The van der Waals surface area contributed by atoms with E-state index < -0.39 is 11.9 Å². The Kier molecular flexibility index (Phi) is 3.56. The largest absolute Gasteiger partial charge is 0.433 e. The number of nitrogens with two attached hydrogens (primary N) is 1. The van der Waals surface area contributed by atoms with Crippen LogP contribution in [0.5, 0.6) is 0 Å². The van der Waals surface area contributed by atoms with Crippen LogP contribution in [0.1, 0.15) is 26.0 Å². The van der Waals surface area contributed by atoms with Gasteiger partial charge in [0.25, 0.3) is 0 Å². The van der Waals surface area contributed by atoms with Gasteiger partial charge in [0.05, 0.1) is 0 Å². The molecule has 0 amide bonds. The van der Waals surface area contributed by atoms with Crippen molar-refractivity contribution in [2.45, 2.75) is 26.4 Å². The number of rotatable bonds is 1. The number of piperidine rings is 1. The maximum atomic E-state index is 12.7. The van der Waals surface area contributed by atoms with Crippen LogP contribution in [0.15, 0.2) is 6.07 Å². The first-order chi connectivity index (χ1) is 8.77. The first-order valence-electron chi connectivity index (χ1n) is 6.24. The van der Waals surface area contributed by atoms with Gasteiger partial charge < -0.3 is 10.6 Å². The Balaban J connectivity index is 2.28. The number of nitrogen functional groups attached to an aromatic ring is 1. The first-order valence-corrected chi connectivity index (χ1v) is 6.24. The SMILES string of the molecule is CC1CCN(c2cc(C(F)(F)F)nc(N)n2)CC1C. The fourth-order valence-corrected chi connectivity index (χ4v) is 2.23. The van der Waals surface area contributed by atoms with Crippen molar-refractivity contribution in [3.8, 4) is 0 Å². The van der Waals surface area contributed by atoms with Gasteiger partial charge in [-0.1, -0.05) is 13.8 Å². The zero-order chi connectivity index (χ0) is 14.2. The van der Waals surface area contributed by atoms with Crippen molar-refractivity contribution in [2.75, 3.05) is 23.7 Å². The minimum absolute atomic E-state index is 0.263. The van der Waals surface area contributed by atoms with Crippen molar-refractivity contribution in [3.63, 3.8) is 0 Å². The fraction of sp³-hybridized carbons (Fsp3) is 0.667. The second-order valence-electron chi connectivity index (χ2n) is 5.16. The second-order valence-corrected chi connectivity index (χ2v) is 5.16. The quantitative estimate of drug-likeness (QED) is 0.855. The molecule has 1 fully saturated rings. The molecule has 2 heterocycles. The van der Waals surface area contributed by atoms with Crippen molar-refractivity contribution >= 4 is 11.8 Å². The fourth-order valence-electron chi connectivity index (χ4n) is 2.23. The summed E-state index contributed by atoms with van der Waals surface area (Å²) in [5, 5.41) is 0. The lowest BCUT2D eigenvalue weighted by Crippen LogP contribution is -2.39. The third-order valence-electron chi connectivity index (χ3n) is 3.68. The number of hydrogen-bond donors (Lipinski definition) is 1. The molecule has 0 aliphatic carbocycles. The molecule has 1 saturated heterocycles. The zero-order valence-corrected chi connectivity index (χ0v) is 10.9. The van der Waals surface area contributed by atoms with E-state index in [1.807, 2.05) is 4.90 Å². The van der Waals surface area contributed by atoms with Crippen LogP contribution in [0, 0.1) is 11.8 Å². The van der Waals surface area contributed by atoms with Gasteiger partial charge >= 0.3 is 6.18 Å². The number of hydrogen-bond acceptors (Lipinski definition) is 4. The minimum atomic E-state index is -4.50. The van der Waals surface area contributed by atoms with Crippen LogP contribution in [0.4, 0.5) is 24.9 Å². The third-order valence-corrected chi connectivity index (χ3v) is 3.68. The summed E-state index contributed by atoms with van der Waals surface area (Å²) in [5.74, 6) is 0.909. The summed E-state index contributed by atoms with van der Waals surface area (Å²) in [6.45, 7) is 5.62. The summed E-state index contributed by atoms with van der Waals surface area (Å²) < 4.78 is 38.1. The van der Waals surface area contributed by atoms with Gasteiger partial charge in [-0.05, 0) is 18.3 Å². The molecule has 1 aliphatic rings. The molecule has 1 aliphatic heterocycles. The predicted molar refractivity (Wildman–Crippen MR) is 66.6 cm³/mol. The molecule has 0 bridgehead atoms. The van der Waals surface area contributed by atoms with Gasteiger partial charge in [0.15, 0.2) is 5.69 Å². The minimum Gasteiger partial charge on any atom is -0.368 e. The Morgan fingerprint density at radius 2 is 1.95 bits per heavy atom. The van der Waals surface area contributed by atoms with Gasteiger partial charge in [-0.15, -0.1) is 0 Å². The number of halogens is 3. The molecule has 2 atom stereocenters.